The Balaban J connectivity index is 2.34. The van der Waals surface area contributed by atoms with Crippen LogP contribution in [-0.2, 0) is 5.41 Å². The number of hydrogen-bond donors (Lipinski definition) is 3. The SMILES string of the molecule is CCCCCCC(C)(C)c1cc(O)c([C@@H]2C=C(CO)CC[C@H]2C(C)C)c(O)c1. The van der Waals surface area contributed by atoms with E-state index in [4.69, 9.17) is 0 Å². The van der Waals surface area contributed by atoms with E-state index in [1.807, 2.05) is 12.1 Å². The maximum atomic E-state index is 10.9. The van der Waals surface area contributed by atoms with Gasteiger partial charge in [-0.25, -0.2) is 0 Å². The maximum absolute atomic E-state index is 10.9. The summed E-state index contributed by atoms with van der Waals surface area (Å²) < 4.78 is 0. The highest BCUT2D eigenvalue weighted by Gasteiger charge is 2.33. The van der Waals surface area contributed by atoms with E-state index in [0.29, 0.717) is 17.4 Å². The molecule has 0 heterocycles. The van der Waals surface area contributed by atoms with Crippen LogP contribution in [-0.4, -0.2) is 21.9 Å². The zero-order valence-corrected chi connectivity index (χ0v) is 18.5. The predicted octanol–water partition coefficient (Wildman–Crippen LogP) is 6.41. The van der Waals surface area contributed by atoms with Crippen molar-refractivity contribution >= 4 is 0 Å². The molecule has 0 fully saturated rings. The second-order valence-corrected chi connectivity index (χ2v) is 9.58. The molecule has 1 aliphatic carbocycles. The summed E-state index contributed by atoms with van der Waals surface area (Å²) in [6.07, 6.45) is 9.82. The lowest BCUT2D eigenvalue weighted by Gasteiger charge is -2.34. The lowest BCUT2D eigenvalue weighted by atomic mass is 9.71. The van der Waals surface area contributed by atoms with Crippen molar-refractivity contribution in [2.45, 2.75) is 90.9 Å². The predicted molar refractivity (Wildman–Crippen MR) is 117 cm³/mol. The van der Waals surface area contributed by atoms with Crippen LogP contribution < -0.4 is 0 Å². The molecule has 3 heteroatoms. The van der Waals surface area contributed by atoms with Crippen LogP contribution in [0.1, 0.15) is 96.6 Å². The summed E-state index contributed by atoms with van der Waals surface area (Å²) in [7, 11) is 0. The second kappa shape index (κ2) is 9.82. The maximum Gasteiger partial charge on any atom is 0.123 e. The van der Waals surface area contributed by atoms with Crippen LogP contribution in [0, 0.1) is 11.8 Å². The Labute approximate surface area is 171 Å². The largest absolute Gasteiger partial charge is 0.507 e. The molecule has 0 saturated heterocycles. The molecule has 0 unspecified atom stereocenters. The van der Waals surface area contributed by atoms with E-state index in [1.165, 1.54) is 19.3 Å². The number of phenols is 2. The van der Waals surface area contributed by atoms with Gasteiger partial charge in [0, 0.05) is 11.5 Å². The van der Waals surface area contributed by atoms with Gasteiger partial charge < -0.3 is 15.3 Å². The van der Waals surface area contributed by atoms with E-state index in [1.54, 1.807) is 0 Å². The molecule has 0 spiro atoms. The molecule has 0 amide bonds. The standard InChI is InChI=1S/C25H40O3/c1-6-7-8-9-12-25(4,5)19-14-22(27)24(23(28)15-19)21-13-18(16-26)10-11-20(21)17(2)3/h13-15,17,20-21,26-28H,6-12,16H2,1-5H3/t20-,21+/m0/s1. The van der Waals surface area contributed by atoms with Crippen LogP contribution >= 0.6 is 0 Å². The van der Waals surface area contributed by atoms with E-state index >= 15 is 0 Å². The fourth-order valence-corrected chi connectivity index (χ4v) is 4.66. The number of unbranched alkanes of at least 4 members (excludes halogenated alkanes) is 3. The highest BCUT2D eigenvalue weighted by molar-refractivity contribution is 5.52. The molecule has 2 atom stereocenters. The van der Waals surface area contributed by atoms with E-state index in [2.05, 4.69) is 40.7 Å². The van der Waals surface area contributed by atoms with Crippen molar-refractivity contribution in [1.29, 1.82) is 0 Å². The number of aromatic hydroxyl groups is 2. The van der Waals surface area contributed by atoms with Gasteiger partial charge in [0.05, 0.1) is 6.61 Å². The van der Waals surface area contributed by atoms with E-state index in [-0.39, 0.29) is 29.4 Å². The van der Waals surface area contributed by atoms with E-state index in [9.17, 15) is 15.3 Å². The monoisotopic (exact) mass is 388 g/mol. The van der Waals surface area contributed by atoms with Gasteiger partial charge in [-0.2, -0.15) is 0 Å². The molecule has 0 aromatic heterocycles. The molecule has 3 nitrogen and oxygen atoms in total. The van der Waals surface area contributed by atoms with Gasteiger partial charge in [-0.05, 0) is 59.8 Å². The molecule has 1 aliphatic rings. The van der Waals surface area contributed by atoms with Crippen LogP contribution in [0.4, 0.5) is 0 Å². The fraction of sp³-hybridized carbons (Fsp3) is 0.680. The molecule has 2 rings (SSSR count). The molecule has 3 N–H and O–H groups in total. The number of phenolic OH excluding ortho intramolecular Hbond substituents is 2. The Hall–Kier alpha value is -1.48. The van der Waals surface area contributed by atoms with Gasteiger partial charge in [-0.15, -0.1) is 0 Å². The molecule has 0 radical (unpaired) electrons. The lowest BCUT2D eigenvalue weighted by molar-refractivity contribution is 0.277. The number of aliphatic hydroxyl groups excluding tert-OH is 1. The molecule has 0 aliphatic heterocycles. The summed E-state index contributed by atoms with van der Waals surface area (Å²) in [5.41, 5.74) is 2.53. The van der Waals surface area contributed by atoms with Crippen molar-refractivity contribution < 1.29 is 15.3 Å². The molecule has 0 saturated carbocycles. The van der Waals surface area contributed by atoms with Gasteiger partial charge in [-0.1, -0.05) is 66.4 Å². The number of benzene rings is 1. The third-order valence-corrected chi connectivity index (χ3v) is 6.64. The minimum absolute atomic E-state index is 0.0473. The zero-order valence-electron chi connectivity index (χ0n) is 18.5. The first-order chi connectivity index (χ1) is 13.2. The van der Waals surface area contributed by atoms with E-state index in [0.717, 1.165) is 36.8 Å². The third kappa shape index (κ3) is 5.31. The molecule has 0 bridgehead atoms. The smallest absolute Gasteiger partial charge is 0.123 e. The van der Waals surface area contributed by atoms with Gasteiger partial charge in [0.2, 0.25) is 0 Å². The topological polar surface area (TPSA) is 60.7 Å². The number of allylic oxidation sites excluding steroid dienone is 1. The highest BCUT2D eigenvalue weighted by atomic mass is 16.3. The molecule has 28 heavy (non-hydrogen) atoms. The first-order valence-corrected chi connectivity index (χ1v) is 11.1. The quantitative estimate of drug-likeness (QED) is 0.338. The minimum atomic E-state index is -0.0860. The highest BCUT2D eigenvalue weighted by Crippen LogP contribution is 2.48. The Kier molecular flexibility index (Phi) is 8.00. The van der Waals surface area contributed by atoms with Crippen molar-refractivity contribution in [3.63, 3.8) is 0 Å². The molecule has 1 aromatic rings. The van der Waals surface area contributed by atoms with Crippen LogP contribution in [0.2, 0.25) is 0 Å². The third-order valence-electron chi connectivity index (χ3n) is 6.64. The summed E-state index contributed by atoms with van der Waals surface area (Å²) >= 11 is 0. The summed E-state index contributed by atoms with van der Waals surface area (Å²) in [6.45, 7) is 11.0. The molecular formula is C25H40O3. The molecule has 1 aromatic carbocycles. The average molecular weight is 389 g/mol. The lowest BCUT2D eigenvalue weighted by Crippen LogP contribution is -2.23. The van der Waals surface area contributed by atoms with Gasteiger partial charge in [0.15, 0.2) is 0 Å². The Morgan fingerprint density at radius 1 is 1.07 bits per heavy atom. The Bertz CT molecular complexity index is 649. The van der Waals surface area contributed by atoms with Crippen molar-refractivity contribution in [2.24, 2.45) is 11.8 Å². The van der Waals surface area contributed by atoms with Crippen molar-refractivity contribution in [1.82, 2.24) is 0 Å². The normalized spacial score (nSPS) is 20.5. The van der Waals surface area contributed by atoms with Crippen molar-refractivity contribution in [2.75, 3.05) is 6.61 Å². The van der Waals surface area contributed by atoms with Crippen LogP contribution in [0.25, 0.3) is 0 Å². The summed E-state index contributed by atoms with van der Waals surface area (Å²) in [5, 5.41) is 31.4. The summed E-state index contributed by atoms with van der Waals surface area (Å²) in [4.78, 5) is 0. The van der Waals surface area contributed by atoms with Gasteiger partial charge in [0.1, 0.15) is 11.5 Å². The van der Waals surface area contributed by atoms with Crippen molar-refractivity contribution in [3.8, 4) is 11.5 Å². The van der Waals surface area contributed by atoms with Crippen molar-refractivity contribution in [3.05, 3.63) is 34.9 Å². The molecular weight excluding hydrogens is 348 g/mol. The Morgan fingerprint density at radius 2 is 1.71 bits per heavy atom. The van der Waals surface area contributed by atoms with Gasteiger partial charge in [0.25, 0.3) is 0 Å². The first kappa shape index (κ1) is 22.8. The Morgan fingerprint density at radius 3 is 2.25 bits per heavy atom. The van der Waals surface area contributed by atoms with Crippen LogP contribution in [0.5, 0.6) is 11.5 Å². The number of aliphatic hydroxyl groups is 1. The van der Waals surface area contributed by atoms with Crippen LogP contribution in [0.3, 0.4) is 0 Å². The van der Waals surface area contributed by atoms with Gasteiger partial charge >= 0.3 is 0 Å². The van der Waals surface area contributed by atoms with E-state index < -0.39 is 0 Å². The first-order valence-electron chi connectivity index (χ1n) is 11.1. The number of hydrogen-bond acceptors (Lipinski definition) is 3. The van der Waals surface area contributed by atoms with Crippen LogP contribution in [0.15, 0.2) is 23.8 Å². The minimum Gasteiger partial charge on any atom is -0.507 e. The zero-order chi connectivity index (χ0) is 20.9. The summed E-state index contributed by atoms with van der Waals surface area (Å²) in [5.74, 6) is 1.10. The van der Waals surface area contributed by atoms with Gasteiger partial charge in [-0.3, -0.25) is 0 Å². The fourth-order valence-electron chi connectivity index (χ4n) is 4.66. The second-order valence-electron chi connectivity index (χ2n) is 9.58. The molecule has 158 valence electrons. The summed E-state index contributed by atoms with van der Waals surface area (Å²) in [6, 6.07) is 3.71. The average Bonchev–Trinajstić information content (AvgIpc) is 2.64. The number of rotatable bonds is 9.